The predicted molar refractivity (Wildman–Crippen MR) is 86.8 cm³/mol. The SMILES string of the molecule is CCCSC(CC)COP(=S)(OCC)SCC. The fourth-order valence-electron chi connectivity index (χ4n) is 1.17. The molecular weight excluding hydrogens is 291 g/mol. The van der Waals surface area contributed by atoms with E-state index in [0.717, 1.165) is 18.8 Å². The summed E-state index contributed by atoms with van der Waals surface area (Å²) in [6.45, 7) is 9.85. The van der Waals surface area contributed by atoms with Crippen LogP contribution in [0.1, 0.15) is 40.5 Å². The summed E-state index contributed by atoms with van der Waals surface area (Å²) in [5.41, 5.74) is -2.08. The summed E-state index contributed by atoms with van der Waals surface area (Å²) >= 11 is 9.13. The minimum atomic E-state index is -2.08. The quantitative estimate of drug-likeness (QED) is 0.501. The first kappa shape index (κ1) is 18.3. The van der Waals surface area contributed by atoms with Gasteiger partial charge in [0.25, 0.3) is 0 Å². The van der Waals surface area contributed by atoms with E-state index in [1.165, 1.54) is 12.2 Å². The van der Waals surface area contributed by atoms with Crippen molar-refractivity contribution in [1.29, 1.82) is 0 Å². The summed E-state index contributed by atoms with van der Waals surface area (Å²) in [5, 5.41) is 0.551. The lowest BCUT2D eigenvalue weighted by Gasteiger charge is -2.23. The second-order valence-electron chi connectivity index (χ2n) is 3.48. The molecule has 6 heteroatoms. The molecule has 0 amide bonds. The standard InChI is InChI=1S/C11H25O2PS3/c1-5-9-16-11(6-2)10-13-14(15,12-7-3)17-8-4/h11H,5-10H2,1-4H3. The molecule has 2 atom stereocenters. The van der Waals surface area contributed by atoms with Crippen LogP contribution in [0.2, 0.25) is 0 Å². The molecule has 104 valence electrons. The first-order valence-electron chi connectivity index (χ1n) is 6.27. The maximum Gasteiger partial charge on any atom is 0.247 e. The highest BCUT2D eigenvalue weighted by molar-refractivity contribution is 8.67. The molecule has 0 aliphatic rings. The molecule has 0 spiro atoms. The molecule has 0 aromatic rings. The smallest absolute Gasteiger partial charge is 0.247 e. The van der Waals surface area contributed by atoms with Crippen molar-refractivity contribution in [3.05, 3.63) is 0 Å². The van der Waals surface area contributed by atoms with Crippen LogP contribution in [0.5, 0.6) is 0 Å². The lowest BCUT2D eigenvalue weighted by molar-refractivity contribution is 0.268. The molecule has 0 fully saturated rings. The molecule has 0 heterocycles. The lowest BCUT2D eigenvalue weighted by Crippen LogP contribution is -2.11. The summed E-state index contributed by atoms with van der Waals surface area (Å²) in [5.74, 6) is 2.15. The van der Waals surface area contributed by atoms with Crippen LogP contribution in [-0.2, 0) is 20.9 Å². The Labute approximate surface area is 120 Å². The van der Waals surface area contributed by atoms with Crippen LogP contribution in [0.15, 0.2) is 0 Å². The Morgan fingerprint density at radius 2 is 1.88 bits per heavy atom. The van der Waals surface area contributed by atoms with Crippen LogP contribution < -0.4 is 0 Å². The summed E-state index contributed by atoms with van der Waals surface area (Å²) in [6, 6.07) is 0. The van der Waals surface area contributed by atoms with Gasteiger partial charge in [-0.3, -0.25) is 0 Å². The van der Waals surface area contributed by atoms with Crippen molar-refractivity contribution in [3.63, 3.8) is 0 Å². The Morgan fingerprint density at radius 1 is 1.18 bits per heavy atom. The van der Waals surface area contributed by atoms with Gasteiger partial charge in [-0.1, -0.05) is 32.2 Å². The number of rotatable bonds is 11. The van der Waals surface area contributed by atoms with Crippen molar-refractivity contribution in [2.75, 3.05) is 24.7 Å². The highest BCUT2D eigenvalue weighted by atomic mass is 32.9. The Morgan fingerprint density at radius 3 is 2.35 bits per heavy atom. The maximum atomic E-state index is 5.91. The van der Waals surface area contributed by atoms with Gasteiger partial charge < -0.3 is 9.05 Å². The van der Waals surface area contributed by atoms with Crippen LogP contribution in [0.25, 0.3) is 0 Å². The molecule has 0 saturated carbocycles. The molecule has 0 aromatic heterocycles. The third-order valence-corrected chi connectivity index (χ3v) is 9.14. The van der Waals surface area contributed by atoms with E-state index < -0.39 is 5.69 Å². The second kappa shape index (κ2) is 11.1. The monoisotopic (exact) mass is 316 g/mol. The summed E-state index contributed by atoms with van der Waals surface area (Å²) < 4.78 is 11.5. The fourth-order valence-corrected chi connectivity index (χ4v) is 6.80. The van der Waals surface area contributed by atoms with Crippen molar-refractivity contribution < 1.29 is 9.05 Å². The minimum Gasteiger partial charge on any atom is -0.322 e. The summed E-state index contributed by atoms with van der Waals surface area (Å²) in [4.78, 5) is 0. The van der Waals surface area contributed by atoms with Crippen LogP contribution >= 0.6 is 28.8 Å². The van der Waals surface area contributed by atoms with Gasteiger partial charge in [-0.2, -0.15) is 11.8 Å². The molecule has 0 aliphatic carbocycles. The molecule has 17 heavy (non-hydrogen) atoms. The van der Waals surface area contributed by atoms with Gasteiger partial charge in [0.1, 0.15) is 0 Å². The fraction of sp³-hybridized carbons (Fsp3) is 1.00. The largest absolute Gasteiger partial charge is 0.322 e. The zero-order valence-corrected chi connectivity index (χ0v) is 14.7. The number of hydrogen-bond acceptors (Lipinski definition) is 5. The molecule has 0 N–H and O–H groups in total. The molecule has 0 radical (unpaired) electrons. The first-order chi connectivity index (χ1) is 8.11. The molecular formula is C11H25O2PS3. The Hall–Kier alpha value is 1.27. The van der Waals surface area contributed by atoms with E-state index in [0.29, 0.717) is 11.9 Å². The van der Waals surface area contributed by atoms with Gasteiger partial charge >= 0.3 is 0 Å². The average Bonchev–Trinajstić information content (AvgIpc) is 2.30. The second-order valence-corrected chi connectivity index (χ2v) is 11.5. The van der Waals surface area contributed by atoms with Crippen molar-refractivity contribution in [3.8, 4) is 0 Å². The van der Waals surface area contributed by atoms with E-state index in [2.05, 4.69) is 20.8 Å². The molecule has 0 saturated heterocycles. The van der Waals surface area contributed by atoms with E-state index in [4.69, 9.17) is 20.9 Å². The van der Waals surface area contributed by atoms with Gasteiger partial charge in [-0.15, -0.1) is 0 Å². The average molecular weight is 316 g/mol. The van der Waals surface area contributed by atoms with Crippen molar-refractivity contribution in [2.24, 2.45) is 0 Å². The molecule has 0 rings (SSSR count). The zero-order valence-electron chi connectivity index (χ0n) is 11.3. The lowest BCUT2D eigenvalue weighted by atomic mass is 10.3. The van der Waals surface area contributed by atoms with E-state index in [9.17, 15) is 0 Å². The Kier molecular flexibility index (Phi) is 12.0. The van der Waals surface area contributed by atoms with E-state index in [1.54, 1.807) is 11.4 Å². The molecule has 2 nitrogen and oxygen atoms in total. The maximum absolute atomic E-state index is 5.91. The van der Waals surface area contributed by atoms with Crippen LogP contribution in [0, 0.1) is 0 Å². The van der Waals surface area contributed by atoms with Gasteiger partial charge in [0.2, 0.25) is 5.69 Å². The minimum absolute atomic E-state index is 0.551. The molecule has 0 aliphatic heterocycles. The summed E-state index contributed by atoms with van der Waals surface area (Å²) in [6.07, 6.45) is 2.34. The normalized spacial score (nSPS) is 16.7. The zero-order chi connectivity index (χ0) is 13.1. The first-order valence-corrected chi connectivity index (χ1v) is 11.5. The number of thioether (sulfide) groups is 1. The topological polar surface area (TPSA) is 18.5 Å². The van der Waals surface area contributed by atoms with Gasteiger partial charge in [-0.05, 0) is 43.1 Å². The van der Waals surface area contributed by atoms with E-state index >= 15 is 0 Å². The summed E-state index contributed by atoms with van der Waals surface area (Å²) in [7, 11) is 0. The molecule has 2 unspecified atom stereocenters. The van der Waals surface area contributed by atoms with Crippen molar-refractivity contribution in [1.82, 2.24) is 0 Å². The molecule has 0 bridgehead atoms. The van der Waals surface area contributed by atoms with Crippen LogP contribution in [-0.4, -0.2) is 30.0 Å². The van der Waals surface area contributed by atoms with Crippen LogP contribution in [0.3, 0.4) is 0 Å². The van der Waals surface area contributed by atoms with Crippen molar-refractivity contribution >= 4 is 40.6 Å². The van der Waals surface area contributed by atoms with Crippen LogP contribution in [0.4, 0.5) is 0 Å². The van der Waals surface area contributed by atoms with E-state index in [-0.39, 0.29) is 0 Å². The molecule has 0 aromatic carbocycles. The third kappa shape index (κ3) is 8.90. The van der Waals surface area contributed by atoms with Gasteiger partial charge in [0, 0.05) is 5.25 Å². The third-order valence-electron chi connectivity index (χ3n) is 2.01. The van der Waals surface area contributed by atoms with E-state index in [1.807, 2.05) is 18.7 Å². The highest BCUT2D eigenvalue weighted by Crippen LogP contribution is 2.61. The van der Waals surface area contributed by atoms with Gasteiger partial charge in [-0.25, -0.2) is 0 Å². The Balaban J connectivity index is 4.12. The van der Waals surface area contributed by atoms with Gasteiger partial charge in [0.05, 0.1) is 13.2 Å². The highest BCUT2D eigenvalue weighted by Gasteiger charge is 2.20. The Bertz CT molecular complexity index is 217. The van der Waals surface area contributed by atoms with Crippen molar-refractivity contribution in [2.45, 2.75) is 45.8 Å². The number of hydrogen-bond donors (Lipinski definition) is 0. The predicted octanol–water partition coefficient (Wildman–Crippen LogP) is 4.94. The van der Waals surface area contributed by atoms with Gasteiger partial charge in [0.15, 0.2) is 0 Å².